The molecule has 4 heterocycles. The van der Waals surface area contributed by atoms with Crippen molar-refractivity contribution in [2.45, 2.75) is 36.6 Å². The highest BCUT2D eigenvalue weighted by Gasteiger charge is 2.49. The van der Waals surface area contributed by atoms with E-state index in [-0.39, 0.29) is 39.9 Å². The number of anilines is 1. The van der Waals surface area contributed by atoms with E-state index in [1.165, 1.54) is 46.1 Å². The molecule has 5 N–H and O–H groups in total. The van der Waals surface area contributed by atoms with Crippen molar-refractivity contribution in [1.82, 2.24) is 24.5 Å². The number of imidazole rings is 1. The maximum atomic E-state index is 15.3. The lowest BCUT2D eigenvalue weighted by Gasteiger charge is -2.30. The maximum Gasteiger partial charge on any atom is 0.342 e. The Balaban J connectivity index is 1.41. The van der Waals surface area contributed by atoms with Gasteiger partial charge in [0.05, 0.1) is 29.7 Å². The Morgan fingerprint density at radius 1 is 1.23 bits per heavy atom. The minimum atomic E-state index is -2.05. The number of hydrogen-bond acceptors (Lipinski definition) is 11. The number of fused-ring (bicyclic) bond motifs is 1. The summed E-state index contributed by atoms with van der Waals surface area (Å²) in [4.78, 5) is 39.8. The van der Waals surface area contributed by atoms with Gasteiger partial charge in [0.15, 0.2) is 23.9 Å². The number of nitrogen functional groups attached to an aromatic ring is 1. The van der Waals surface area contributed by atoms with Crippen molar-refractivity contribution >= 4 is 51.9 Å². The van der Waals surface area contributed by atoms with Gasteiger partial charge in [0, 0.05) is 11.8 Å². The molecule has 1 aromatic carbocycles. The molecule has 4 aromatic rings. The lowest BCUT2D eigenvalue weighted by Crippen LogP contribution is -2.44. The second kappa shape index (κ2) is 10.4. The number of carboxylic acids is 2. The molecule has 0 saturated carbocycles. The standard InChI is InChI=1S/C23H20ClFN6O7S/c24-22-29-17(26)15-18(30-22)31(8-27-15)19-14(25)16(32)12(38-19)6-37-23(21(35)36,13-7-39-9-28-13)5-10-1-3-11(4-2-10)20(33)34/h1-4,7-9,12,14,16,19,32H,5-6H2,(H,33,34)(H,35,36)(H2,26,29,30)/t12-,14+,16-,19-,23-/m1/s1. The molecular weight excluding hydrogens is 559 g/mol. The van der Waals surface area contributed by atoms with Crippen LogP contribution in [0.2, 0.25) is 5.28 Å². The highest BCUT2D eigenvalue weighted by atomic mass is 35.5. The molecule has 13 nitrogen and oxygen atoms in total. The van der Waals surface area contributed by atoms with Crippen LogP contribution in [-0.4, -0.2) is 76.7 Å². The lowest BCUT2D eigenvalue weighted by atomic mass is 9.91. The van der Waals surface area contributed by atoms with Crippen molar-refractivity contribution in [2.75, 3.05) is 12.3 Å². The number of nitrogens with two attached hydrogens (primary N) is 1. The highest BCUT2D eigenvalue weighted by molar-refractivity contribution is 7.07. The number of hydrogen-bond donors (Lipinski definition) is 4. The predicted octanol–water partition coefficient (Wildman–Crippen LogP) is 2.05. The average Bonchev–Trinajstić information content (AvgIpc) is 3.63. The third-order valence-electron chi connectivity index (χ3n) is 6.33. The third kappa shape index (κ3) is 4.90. The number of nitrogens with zero attached hydrogens (tertiary/aromatic N) is 5. The molecule has 204 valence electrons. The van der Waals surface area contributed by atoms with Gasteiger partial charge in [-0.25, -0.2) is 23.9 Å². The number of halogens is 2. The van der Waals surface area contributed by atoms with Gasteiger partial charge >= 0.3 is 11.9 Å². The molecule has 0 radical (unpaired) electrons. The number of alkyl halides is 1. The average molecular weight is 579 g/mol. The molecule has 39 heavy (non-hydrogen) atoms. The lowest BCUT2D eigenvalue weighted by molar-refractivity contribution is -0.177. The van der Waals surface area contributed by atoms with Crippen molar-refractivity contribution in [3.8, 4) is 0 Å². The van der Waals surface area contributed by atoms with Crippen molar-refractivity contribution in [2.24, 2.45) is 0 Å². The number of aromatic carboxylic acids is 1. The number of carboxylic acid groups (broad SMARTS) is 2. The molecule has 0 unspecified atom stereocenters. The van der Waals surface area contributed by atoms with Crippen LogP contribution < -0.4 is 5.73 Å². The first-order valence-electron chi connectivity index (χ1n) is 11.3. The largest absolute Gasteiger partial charge is 0.479 e. The molecule has 5 rings (SSSR count). The Kier molecular flexibility index (Phi) is 7.17. The number of ether oxygens (including phenoxy) is 2. The van der Waals surface area contributed by atoms with Crippen LogP contribution in [0.4, 0.5) is 10.2 Å². The molecule has 5 atom stereocenters. The summed E-state index contributed by atoms with van der Waals surface area (Å²) >= 11 is 7.03. The van der Waals surface area contributed by atoms with Crippen molar-refractivity contribution in [1.29, 1.82) is 0 Å². The maximum absolute atomic E-state index is 15.3. The van der Waals surface area contributed by atoms with E-state index in [4.69, 9.17) is 31.9 Å². The molecule has 1 saturated heterocycles. The number of benzene rings is 1. The summed E-state index contributed by atoms with van der Waals surface area (Å²) in [5.74, 6) is -2.55. The number of aromatic nitrogens is 5. The second-order valence-electron chi connectivity index (χ2n) is 8.70. The van der Waals surface area contributed by atoms with E-state index in [0.717, 1.165) is 11.3 Å². The zero-order valence-corrected chi connectivity index (χ0v) is 21.3. The van der Waals surface area contributed by atoms with Crippen LogP contribution in [0, 0.1) is 0 Å². The molecule has 0 spiro atoms. The molecule has 3 aromatic heterocycles. The molecule has 0 amide bonds. The fourth-order valence-electron chi connectivity index (χ4n) is 4.31. The van der Waals surface area contributed by atoms with E-state index in [2.05, 4.69) is 19.9 Å². The van der Waals surface area contributed by atoms with Gasteiger partial charge in [-0.1, -0.05) is 12.1 Å². The Morgan fingerprint density at radius 2 is 1.97 bits per heavy atom. The Labute approximate surface area is 227 Å². The van der Waals surface area contributed by atoms with E-state index >= 15 is 4.39 Å². The topological polar surface area (TPSA) is 196 Å². The summed E-state index contributed by atoms with van der Waals surface area (Å²) < 4.78 is 28.1. The second-order valence-corrected chi connectivity index (χ2v) is 9.75. The first-order chi connectivity index (χ1) is 18.6. The number of aliphatic hydroxyl groups is 1. The number of thiazole rings is 1. The fourth-order valence-corrected chi connectivity index (χ4v) is 5.10. The SMILES string of the molecule is Nc1nc(Cl)nc2c1ncn2[C@@H]1O[C@H](CO[C@@](Cc2ccc(C(=O)O)cc2)(C(=O)O)c2cscn2)[C@@H](O)[C@@H]1F. The van der Waals surface area contributed by atoms with Crippen LogP contribution in [0.5, 0.6) is 0 Å². The molecule has 0 bridgehead atoms. The van der Waals surface area contributed by atoms with E-state index in [9.17, 15) is 19.8 Å². The molecule has 1 aliphatic rings. The van der Waals surface area contributed by atoms with Gasteiger partial charge in [0.1, 0.15) is 17.7 Å². The van der Waals surface area contributed by atoms with Crippen LogP contribution in [0.25, 0.3) is 11.2 Å². The number of carbonyl (C=O) groups is 2. The Hall–Kier alpha value is -3.76. The monoisotopic (exact) mass is 578 g/mol. The van der Waals surface area contributed by atoms with Gasteiger partial charge in [-0.2, -0.15) is 9.97 Å². The first-order valence-corrected chi connectivity index (χ1v) is 12.6. The van der Waals surface area contributed by atoms with Gasteiger partial charge in [0.25, 0.3) is 0 Å². The smallest absolute Gasteiger partial charge is 0.342 e. The quantitative estimate of drug-likeness (QED) is 0.211. The molecule has 16 heteroatoms. The van der Waals surface area contributed by atoms with Crippen molar-refractivity contribution in [3.05, 3.63) is 63.6 Å². The Morgan fingerprint density at radius 3 is 2.62 bits per heavy atom. The molecule has 1 fully saturated rings. The summed E-state index contributed by atoms with van der Waals surface area (Å²) in [5, 5.41) is 31.4. The number of rotatable bonds is 9. The molecular formula is C23H20ClFN6O7S. The zero-order valence-electron chi connectivity index (χ0n) is 19.7. The van der Waals surface area contributed by atoms with Gasteiger partial charge in [-0.15, -0.1) is 11.3 Å². The van der Waals surface area contributed by atoms with E-state index in [0.29, 0.717) is 5.56 Å². The molecule has 0 aliphatic carbocycles. The predicted molar refractivity (Wildman–Crippen MR) is 134 cm³/mol. The summed E-state index contributed by atoms with van der Waals surface area (Å²) in [5.41, 5.74) is 5.99. The van der Waals surface area contributed by atoms with Crippen LogP contribution in [0.1, 0.15) is 27.8 Å². The third-order valence-corrected chi connectivity index (χ3v) is 7.08. The van der Waals surface area contributed by atoms with E-state index in [1.807, 2.05) is 0 Å². The van der Waals surface area contributed by atoms with Crippen molar-refractivity contribution < 1.29 is 38.8 Å². The minimum Gasteiger partial charge on any atom is -0.479 e. The summed E-state index contributed by atoms with van der Waals surface area (Å²) in [6, 6.07) is 5.61. The normalized spacial score (nSPS) is 22.6. The highest BCUT2D eigenvalue weighted by Crippen LogP contribution is 2.37. The van der Waals surface area contributed by atoms with Gasteiger partial charge < -0.3 is 30.5 Å². The fraction of sp³-hybridized carbons (Fsp3) is 0.304. The van der Waals surface area contributed by atoms with E-state index < -0.39 is 48.8 Å². The zero-order chi connectivity index (χ0) is 27.9. The van der Waals surface area contributed by atoms with E-state index in [1.54, 1.807) is 0 Å². The first kappa shape index (κ1) is 26.8. The Bertz CT molecular complexity index is 1520. The van der Waals surface area contributed by atoms with Crippen LogP contribution >= 0.6 is 22.9 Å². The van der Waals surface area contributed by atoms with Gasteiger partial charge in [0.2, 0.25) is 10.9 Å². The van der Waals surface area contributed by atoms with Crippen LogP contribution in [0.15, 0.2) is 41.5 Å². The van der Waals surface area contributed by atoms with Gasteiger partial charge in [-0.3, -0.25) is 4.57 Å². The summed E-state index contributed by atoms with van der Waals surface area (Å²) in [6.45, 7) is -0.528. The summed E-state index contributed by atoms with van der Waals surface area (Å²) in [6.07, 6.45) is -5.36. The number of aliphatic hydroxyl groups excluding tert-OH is 1. The van der Waals surface area contributed by atoms with Crippen LogP contribution in [-0.2, 0) is 26.3 Å². The van der Waals surface area contributed by atoms with Gasteiger partial charge in [-0.05, 0) is 29.3 Å². The summed E-state index contributed by atoms with van der Waals surface area (Å²) in [7, 11) is 0. The minimum absolute atomic E-state index is 0.0246. The number of aliphatic carboxylic acids is 1. The van der Waals surface area contributed by atoms with Crippen LogP contribution in [0.3, 0.4) is 0 Å². The molecule has 1 aliphatic heterocycles. The van der Waals surface area contributed by atoms with Crippen molar-refractivity contribution in [3.63, 3.8) is 0 Å².